The Morgan fingerprint density at radius 1 is 1.18 bits per heavy atom. The van der Waals surface area contributed by atoms with Crippen molar-refractivity contribution < 1.29 is 9.00 Å². The summed E-state index contributed by atoms with van der Waals surface area (Å²) in [7, 11) is -1.28. The van der Waals surface area contributed by atoms with Gasteiger partial charge in [0.2, 0.25) is 5.91 Å². The lowest BCUT2D eigenvalue weighted by molar-refractivity contribution is -0.136. The summed E-state index contributed by atoms with van der Waals surface area (Å²) in [4.78, 5) is 13.1. The highest BCUT2D eigenvalue weighted by atomic mass is 79.9. The maximum Gasteiger partial charge on any atom is 0.242 e. The van der Waals surface area contributed by atoms with Crippen molar-refractivity contribution in [3.63, 3.8) is 0 Å². The molecule has 0 spiro atoms. The molecule has 1 saturated carbocycles. The molecule has 1 heterocycles. The number of hydrogen-bond acceptors (Lipinski definition) is 2. The molecule has 0 N–H and O–H groups in total. The second-order valence-corrected chi connectivity index (χ2v) is 12.5. The molecule has 5 unspecified atom stereocenters. The predicted octanol–water partition coefficient (Wildman–Crippen LogP) is 4.14. The van der Waals surface area contributed by atoms with Gasteiger partial charge in [0.25, 0.3) is 0 Å². The third-order valence-corrected chi connectivity index (χ3v) is 10.1. The number of alkyl halides is 2. The van der Waals surface area contributed by atoms with Gasteiger partial charge in [0.15, 0.2) is 0 Å². The average Bonchev–Trinajstić information content (AvgIpc) is 2.90. The summed E-state index contributed by atoms with van der Waals surface area (Å²) in [5, 5.41) is 0. The lowest BCUT2D eigenvalue weighted by Crippen LogP contribution is -2.47. The topological polar surface area (TPSA) is 37.4 Å². The zero-order valence-electron chi connectivity index (χ0n) is 13.3. The Hall–Kier alpha value is 0.320. The minimum absolute atomic E-state index is 0.0343. The molecule has 5 atom stereocenters. The fraction of sp³-hybridized carbons (Fsp3) is 0.812. The van der Waals surface area contributed by atoms with Crippen molar-refractivity contribution in [3.05, 3.63) is 12.2 Å². The van der Waals surface area contributed by atoms with Gasteiger partial charge in [0, 0.05) is 18.4 Å². The minimum Gasteiger partial charge on any atom is -0.273 e. The molecule has 22 heavy (non-hydrogen) atoms. The number of nitrogens with zero attached hydrogens (tertiary/aromatic N) is 1. The molecule has 3 rings (SSSR count). The van der Waals surface area contributed by atoms with Gasteiger partial charge in [-0.1, -0.05) is 70.2 Å². The lowest BCUT2D eigenvalue weighted by atomic mass is 9.69. The first-order valence-corrected chi connectivity index (χ1v) is 10.7. The SMILES string of the molecule is CCCCCCN1C(=O)C2(C)C3C=CC(C3(Br)Br)C2(C)S1=O. The van der Waals surface area contributed by atoms with Gasteiger partial charge in [0.05, 0.1) is 13.4 Å². The smallest absolute Gasteiger partial charge is 0.242 e. The molecule has 3 nitrogen and oxygen atoms in total. The van der Waals surface area contributed by atoms with E-state index in [0.717, 1.165) is 19.3 Å². The number of allylic oxidation sites excluding steroid dienone is 2. The van der Waals surface area contributed by atoms with E-state index in [0.29, 0.717) is 6.54 Å². The van der Waals surface area contributed by atoms with Crippen LogP contribution in [0.1, 0.15) is 46.5 Å². The molecule has 2 fully saturated rings. The third kappa shape index (κ3) is 1.83. The Morgan fingerprint density at radius 2 is 1.82 bits per heavy atom. The summed E-state index contributed by atoms with van der Waals surface area (Å²) in [6.45, 7) is 6.82. The highest BCUT2D eigenvalue weighted by Crippen LogP contribution is 2.73. The van der Waals surface area contributed by atoms with Gasteiger partial charge in [-0.2, -0.15) is 0 Å². The Balaban J connectivity index is 1.90. The van der Waals surface area contributed by atoms with Gasteiger partial charge in [-0.3, -0.25) is 9.10 Å². The molecule has 0 radical (unpaired) electrons. The quantitative estimate of drug-likeness (QED) is 0.357. The summed E-state index contributed by atoms with van der Waals surface area (Å²) < 4.78 is 14.0. The van der Waals surface area contributed by atoms with Gasteiger partial charge < -0.3 is 0 Å². The van der Waals surface area contributed by atoms with Gasteiger partial charge in [-0.25, -0.2) is 4.21 Å². The summed E-state index contributed by atoms with van der Waals surface area (Å²) in [5.41, 5.74) is -0.602. The van der Waals surface area contributed by atoms with Crippen molar-refractivity contribution in [1.82, 2.24) is 4.31 Å². The van der Waals surface area contributed by atoms with Crippen LogP contribution in [-0.2, 0) is 15.8 Å². The first-order valence-electron chi connectivity index (χ1n) is 8.04. The number of halogens is 2. The van der Waals surface area contributed by atoms with Crippen molar-refractivity contribution in [1.29, 1.82) is 0 Å². The van der Waals surface area contributed by atoms with Gasteiger partial charge in [-0.15, -0.1) is 0 Å². The number of hydrogen-bond donors (Lipinski definition) is 0. The van der Waals surface area contributed by atoms with E-state index in [-0.39, 0.29) is 21.0 Å². The lowest BCUT2D eigenvalue weighted by Gasteiger charge is -2.36. The van der Waals surface area contributed by atoms with E-state index >= 15 is 0 Å². The Labute approximate surface area is 152 Å². The summed E-state index contributed by atoms with van der Waals surface area (Å²) in [6, 6.07) is 0. The van der Waals surface area contributed by atoms with E-state index < -0.39 is 21.1 Å². The molecular weight excluding hydrogens is 430 g/mol. The minimum atomic E-state index is -1.28. The predicted molar refractivity (Wildman–Crippen MR) is 97.2 cm³/mol. The molecule has 2 aliphatic carbocycles. The average molecular weight is 453 g/mol. The van der Waals surface area contributed by atoms with E-state index in [4.69, 9.17) is 0 Å². The Morgan fingerprint density at radius 3 is 2.41 bits per heavy atom. The molecule has 0 aromatic heterocycles. The van der Waals surface area contributed by atoms with Crippen LogP contribution in [0.4, 0.5) is 0 Å². The van der Waals surface area contributed by atoms with Crippen LogP contribution >= 0.6 is 31.9 Å². The monoisotopic (exact) mass is 451 g/mol. The molecule has 1 aliphatic heterocycles. The van der Waals surface area contributed by atoms with Crippen LogP contribution in [-0.4, -0.2) is 28.9 Å². The van der Waals surface area contributed by atoms with Crippen LogP contribution < -0.4 is 0 Å². The van der Waals surface area contributed by atoms with Crippen LogP contribution in [0.15, 0.2) is 12.2 Å². The Kier molecular flexibility index (Phi) is 4.22. The summed E-state index contributed by atoms with van der Waals surface area (Å²) >= 11 is 7.52. The van der Waals surface area contributed by atoms with Crippen molar-refractivity contribution in [2.24, 2.45) is 17.3 Å². The summed E-state index contributed by atoms with van der Waals surface area (Å²) in [5.74, 6) is 0.150. The molecule has 1 amide bonds. The summed E-state index contributed by atoms with van der Waals surface area (Å²) in [6.07, 6.45) is 8.61. The van der Waals surface area contributed by atoms with Crippen LogP contribution in [0.25, 0.3) is 0 Å². The Bertz CT molecular complexity index is 524. The second kappa shape index (κ2) is 5.41. The van der Waals surface area contributed by atoms with Crippen LogP contribution in [0.5, 0.6) is 0 Å². The molecule has 124 valence electrons. The fourth-order valence-corrected chi connectivity index (χ4v) is 9.39. The van der Waals surface area contributed by atoms with Gasteiger partial charge in [0.1, 0.15) is 11.0 Å². The van der Waals surface area contributed by atoms with E-state index in [1.54, 1.807) is 4.31 Å². The number of amides is 1. The number of fused-ring (bicyclic) bond motifs is 5. The van der Waals surface area contributed by atoms with Crippen molar-refractivity contribution in [2.45, 2.75) is 54.4 Å². The van der Waals surface area contributed by atoms with Crippen molar-refractivity contribution in [3.8, 4) is 0 Å². The molecule has 6 heteroatoms. The van der Waals surface area contributed by atoms with Crippen molar-refractivity contribution in [2.75, 3.05) is 6.54 Å². The molecular formula is C16H23Br2NO2S. The van der Waals surface area contributed by atoms with Crippen molar-refractivity contribution >= 4 is 48.8 Å². The third-order valence-electron chi connectivity index (χ3n) is 6.02. The maximum atomic E-state index is 13.2. The number of unbranched alkanes of at least 4 members (excludes halogenated alkanes) is 3. The highest BCUT2D eigenvalue weighted by Gasteiger charge is 2.80. The highest BCUT2D eigenvalue weighted by molar-refractivity contribution is 9.25. The van der Waals surface area contributed by atoms with Gasteiger partial charge >= 0.3 is 0 Å². The largest absolute Gasteiger partial charge is 0.273 e. The number of carbonyl (C=O) groups excluding carboxylic acids is 1. The fourth-order valence-electron chi connectivity index (χ4n) is 4.50. The van der Waals surface area contributed by atoms with E-state index in [1.165, 1.54) is 6.42 Å². The standard InChI is InChI=1S/C16H23Br2NO2S/c1-4-5-6-7-10-19-13(20)14(2)11-8-9-12(16(11,17)18)15(14,3)22(19)21/h8-9,11-12H,4-7,10H2,1-3H3. The molecule has 0 aromatic rings. The maximum absolute atomic E-state index is 13.2. The first kappa shape index (κ1) is 17.2. The van der Waals surface area contributed by atoms with E-state index in [9.17, 15) is 9.00 Å². The normalized spacial score (nSPS) is 44.9. The van der Waals surface area contributed by atoms with Crippen LogP contribution in [0.2, 0.25) is 0 Å². The zero-order valence-corrected chi connectivity index (χ0v) is 17.3. The molecule has 1 saturated heterocycles. The second-order valence-electron chi connectivity index (χ2n) is 7.04. The molecule has 3 aliphatic rings. The molecule has 2 bridgehead atoms. The van der Waals surface area contributed by atoms with E-state index in [1.807, 2.05) is 13.8 Å². The van der Waals surface area contributed by atoms with Crippen LogP contribution in [0, 0.1) is 17.3 Å². The number of carbonyl (C=O) groups is 1. The zero-order chi connectivity index (χ0) is 16.3. The molecule has 0 aromatic carbocycles. The van der Waals surface area contributed by atoms with Crippen LogP contribution in [0.3, 0.4) is 0 Å². The first-order chi connectivity index (χ1) is 10.2. The van der Waals surface area contributed by atoms with Gasteiger partial charge in [-0.05, 0) is 20.3 Å². The van der Waals surface area contributed by atoms with E-state index in [2.05, 4.69) is 50.9 Å². The number of rotatable bonds is 5.